The molecule has 0 radical (unpaired) electrons. The van der Waals surface area contributed by atoms with Crippen LogP contribution in [0.4, 0.5) is 5.13 Å². The Morgan fingerprint density at radius 3 is 2.65 bits per heavy atom. The normalized spacial score (nSPS) is 17.3. The molecular weight excluding hydrogens is 572 g/mol. The Kier molecular flexibility index (Phi) is 7.64. The highest BCUT2D eigenvalue weighted by atomic mass is 32.1. The summed E-state index contributed by atoms with van der Waals surface area (Å²) in [5.41, 5.74) is 1.36. The molecule has 11 heteroatoms. The number of hydrogen-bond acceptors (Lipinski definition) is 10. The summed E-state index contributed by atoms with van der Waals surface area (Å²) in [6.07, 6.45) is 1.62. The molecule has 10 nitrogen and oxygen atoms in total. The van der Waals surface area contributed by atoms with Gasteiger partial charge in [0.2, 0.25) is 0 Å². The molecule has 2 aliphatic heterocycles. The molecule has 0 bridgehead atoms. The van der Waals surface area contributed by atoms with Crippen molar-refractivity contribution in [3.05, 3.63) is 84.0 Å². The second-order valence-corrected chi connectivity index (χ2v) is 10.6. The van der Waals surface area contributed by atoms with E-state index in [4.69, 9.17) is 23.7 Å². The minimum Gasteiger partial charge on any atom is -0.507 e. The maximum absolute atomic E-state index is 13.7. The van der Waals surface area contributed by atoms with E-state index in [1.165, 1.54) is 16.2 Å². The van der Waals surface area contributed by atoms with Crippen molar-refractivity contribution in [1.29, 1.82) is 0 Å². The number of methoxy groups -OCH3 is 1. The lowest BCUT2D eigenvalue weighted by Crippen LogP contribution is -2.29. The zero-order chi connectivity index (χ0) is 30.1. The van der Waals surface area contributed by atoms with Crippen LogP contribution in [-0.4, -0.2) is 55.3 Å². The van der Waals surface area contributed by atoms with Gasteiger partial charge >= 0.3 is 5.91 Å². The fourth-order valence-electron chi connectivity index (χ4n) is 5.05. The summed E-state index contributed by atoms with van der Waals surface area (Å²) in [7, 11) is 1.57. The molecule has 4 aromatic rings. The number of benzene rings is 3. The van der Waals surface area contributed by atoms with Crippen LogP contribution in [0.1, 0.15) is 24.1 Å². The van der Waals surface area contributed by atoms with Gasteiger partial charge in [0.15, 0.2) is 28.1 Å². The molecule has 1 saturated heterocycles. The van der Waals surface area contributed by atoms with Gasteiger partial charge in [-0.3, -0.25) is 14.5 Å². The van der Waals surface area contributed by atoms with Gasteiger partial charge in [-0.25, -0.2) is 4.98 Å². The van der Waals surface area contributed by atoms with Crippen LogP contribution in [0.3, 0.4) is 0 Å². The number of anilines is 1. The zero-order valence-corrected chi connectivity index (χ0v) is 24.3. The van der Waals surface area contributed by atoms with Gasteiger partial charge in [0.05, 0.1) is 35.5 Å². The zero-order valence-electron chi connectivity index (χ0n) is 23.5. The maximum Gasteiger partial charge on any atom is 0.301 e. The summed E-state index contributed by atoms with van der Waals surface area (Å²) in [6.45, 7) is 6.91. The largest absolute Gasteiger partial charge is 0.507 e. The number of aliphatic hydroxyl groups is 1. The smallest absolute Gasteiger partial charge is 0.301 e. The van der Waals surface area contributed by atoms with E-state index < -0.39 is 17.7 Å². The first-order chi connectivity index (χ1) is 20.9. The number of hydrogen-bond donors (Lipinski definition) is 1. The van der Waals surface area contributed by atoms with Crippen molar-refractivity contribution in [3.63, 3.8) is 0 Å². The molecular formula is C32H28N2O8S. The third-order valence-electron chi connectivity index (χ3n) is 6.99. The molecule has 3 aromatic carbocycles. The van der Waals surface area contributed by atoms with Crippen molar-refractivity contribution in [2.24, 2.45) is 0 Å². The summed E-state index contributed by atoms with van der Waals surface area (Å²) in [6, 6.07) is 14.4. The Bertz CT molecular complexity index is 1780. The molecule has 43 heavy (non-hydrogen) atoms. The summed E-state index contributed by atoms with van der Waals surface area (Å²) in [5.74, 6) is 0.470. The lowest BCUT2D eigenvalue weighted by atomic mass is 9.95. The van der Waals surface area contributed by atoms with Crippen LogP contribution in [0, 0.1) is 0 Å². The number of thiazole rings is 1. The van der Waals surface area contributed by atoms with E-state index in [9.17, 15) is 14.7 Å². The number of carbonyl (C=O) groups is 2. The van der Waals surface area contributed by atoms with Crippen molar-refractivity contribution >= 4 is 44.1 Å². The van der Waals surface area contributed by atoms with Crippen LogP contribution in [0.25, 0.3) is 16.0 Å². The lowest BCUT2D eigenvalue weighted by Gasteiger charge is -2.24. The van der Waals surface area contributed by atoms with Crippen LogP contribution in [0.5, 0.6) is 28.7 Å². The molecule has 1 aromatic heterocycles. The van der Waals surface area contributed by atoms with Gasteiger partial charge in [0.1, 0.15) is 31.3 Å². The van der Waals surface area contributed by atoms with Crippen molar-refractivity contribution < 1.29 is 38.4 Å². The van der Waals surface area contributed by atoms with E-state index in [0.717, 1.165) is 4.70 Å². The van der Waals surface area contributed by atoms with E-state index in [1.807, 2.05) is 13.0 Å². The third kappa shape index (κ3) is 5.12. The molecule has 2 aliphatic rings. The Hall–Kier alpha value is -5.03. The number of Topliss-reactive ketones (excluding diaryl/α,β-unsaturated/α-hetero) is 1. The predicted octanol–water partition coefficient (Wildman–Crippen LogP) is 5.67. The first kappa shape index (κ1) is 28.1. The van der Waals surface area contributed by atoms with E-state index >= 15 is 0 Å². The number of fused-ring (bicyclic) bond motifs is 2. The third-order valence-corrected chi connectivity index (χ3v) is 8.01. The van der Waals surface area contributed by atoms with Crippen molar-refractivity contribution in [2.45, 2.75) is 13.0 Å². The van der Waals surface area contributed by atoms with Crippen LogP contribution in [-0.2, 0) is 9.59 Å². The molecule has 0 spiro atoms. The molecule has 1 amide bonds. The average Bonchev–Trinajstić information content (AvgIpc) is 3.57. The lowest BCUT2D eigenvalue weighted by molar-refractivity contribution is -0.132. The maximum atomic E-state index is 13.7. The molecule has 1 fully saturated rings. The fourth-order valence-corrected chi connectivity index (χ4v) is 6.07. The summed E-state index contributed by atoms with van der Waals surface area (Å²) >= 11 is 1.24. The number of rotatable bonds is 9. The summed E-state index contributed by atoms with van der Waals surface area (Å²) < 4.78 is 29.0. The van der Waals surface area contributed by atoms with E-state index in [-0.39, 0.29) is 17.9 Å². The number of carbonyl (C=O) groups excluding carboxylic acids is 2. The standard InChI is InChI=1S/C32H28N2O8S/c1-4-12-40-22-10-6-18(15-24(22)39-5-2)28-27(29(35)19-7-11-23-25(16-19)42-14-13-41-23)30(36)31(37)34(28)32-33-21-9-8-20(38-3)17-26(21)43-32/h4,6-11,15-17,28,35H,1,5,12-14H2,2-3H3/b29-27-. The SMILES string of the molecule is C=CCOc1ccc(C2/C(=C(/O)c3ccc4c(c3)OCCO4)C(=O)C(=O)N2c2nc3ccc(OC)cc3s2)cc1OCC. The molecule has 1 unspecified atom stereocenters. The Labute approximate surface area is 251 Å². The number of amides is 1. The average molecular weight is 601 g/mol. The van der Waals surface area contributed by atoms with Crippen LogP contribution >= 0.6 is 11.3 Å². The van der Waals surface area contributed by atoms with Crippen molar-refractivity contribution in [3.8, 4) is 28.7 Å². The van der Waals surface area contributed by atoms with Crippen molar-refractivity contribution in [1.82, 2.24) is 4.98 Å². The second-order valence-electron chi connectivity index (χ2n) is 9.60. The minimum absolute atomic E-state index is 0.0966. The van der Waals surface area contributed by atoms with Crippen LogP contribution in [0.15, 0.2) is 72.8 Å². The fraction of sp³-hybridized carbons (Fsp3) is 0.219. The minimum atomic E-state index is -1.02. The highest BCUT2D eigenvalue weighted by molar-refractivity contribution is 7.22. The number of ether oxygens (including phenoxy) is 5. The highest BCUT2D eigenvalue weighted by Gasteiger charge is 2.48. The van der Waals surface area contributed by atoms with Gasteiger partial charge in [0, 0.05) is 5.56 Å². The van der Waals surface area contributed by atoms with Gasteiger partial charge in [0.25, 0.3) is 5.78 Å². The van der Waals surface area contributed by atoms with Gasteiger partial charge < -0.3 is 28.8 Å². The van der Waals surface area contributed by atoms with Crippen molar-refractivity contribution in [2.75, 3.05) is 38.4 Å². The van der Waals surface area contributed by atoms with Crippen LogP contribution in [0.2, 0.25) is 0 Å². The van der Waals surface area contributed by atoms with Gasteiger partial charge in [-0.1, -0.05) is 30.1 Å². The summed E-state index contributed by atoms with van der Waals surface area (Å²) in [5, 5.41) is 11.9. The molecule has 6 rings (SSSR count). The van der Waals surface area contributed by atoms with Gasteiger partial charge in [-0.2, -0.15) is 0 Å². The molecule has 1 N–H and O–H groups in total. The van der Waals surface area contributed by atoms with Gasteiger partial charge in [-0.05, 0) is 61.0 Å². The van der Waals surface area contributed by atoms with Gasteiger partial charge in [-0.15, -0.1) is 0 Å². The predicted molar refractivity (Wildman–Crippen MR) is 162 cm³/mol. The number of nitrogens with zero attached hydrogens (tertiary/aromatic N) is 2. The number of aliphatic hydroxyl groups excluding tert-OH is 1. The highest BCUT2D eigenvalue weighted by Crippen LogP contribution is 2.46. The molecule has 220 valence electrons. The topological polar surface area (TPSA) is 117 Å². The Morgan fingerprint density at radius 2 is 1.88 bits per heavy atom. The molecule has 0 saturated carbocycles. The van der Waals surface area contributed by atoms with Crippen LogP contribution < -0.4 is 28.6 Å². The molecule has 3 heterocycles. The van der Waals surface area contributed by atoms with E-state index in [0.29, 0.717) is 70.3 Å². The Balaban J connectivity index is 1.53. The number of aromatic nitrogens is 1. The first-order valence-corrected chi connectivity index (χ1v) is 14.4. The molecule has 0 aliphatic carbocycles. The monoisotopic (exact) mass is 600 g/mol. The first-order valence-electron chi connectivity index (χ1n) is 13.6. The summed E-state index contributed by atoms with van der Waals surface area (Å²) in [4.78, 5) is 33.5. The number of ketones is 1. The second kappa shape index (κ2) is 11.7. The van der Waals surface area contributed by atoms with E-state index in [2.05, 4.69) is 11.6 Å². The Morgan fingerprint density at radius 1 is 1.07 bits per heavy atom. The van der Waals surface area contributed by atoms with E-state index in [1.54, 1.807) is 61.7 Å². The quantitative estimate of drug-likeness (QED) is 0.112. The molecule has 1 atom stereocenters.